The van der Waals surface area contributed by atoms with Crippen LogP contribution in [0.2, 0.25) is 0 Å². The van der Waals surface area contributed by atoms with Gasteiger partial charge in [0.15, 0.2) is 0 Å². The number of fused-ring (bicyclic) bond motifs is 15. The fourth-order valence-electron chi connectivity index (χ4n) is 8.65. The van der Waals surface area contributed by atoms with Crippen molar-refractivity contribution in [1.82, 2.24) is 4.57 Å². The molecule has 0 N–H and O–H groups in total. The van der Waals surface area contributed by atoms with Gasteiger partial charge < -0.3 is 4.57 Å². The van der Waals surface area contributed by atoms with Crippen molar-refractivity contribution < 1.29 is 0 Å². The lowest BCUT2D eigenvalue weighted by molar-refractivity contribution is 0.748. The lowest BCUT2D eigenvalue weighted by Crippen LogP contribution is -2.33. The minimum absolute atomic E-state index is 0.404. The molecular formula is C43H25NS. The zero-order chi connectivity index (χ0) is 29.3. The number of aromatic nitrogens is 1. The first-order chi connectivity index (χ1) is 22.3. The van der Waals surface area contributed by atoms with Gasteiger partial charge in [0.25, 0.3) is 0 Å². The Bertz CT molecular complexity index is 2670. The van der Waals surface area contributed by atoms with Gasteiger partial charge in [0, 0.05) is 30.9 Å². The molecule has 1 spiro atoms. The van der Waals surface area contributed by atoms with Crippen molar-refractivity contribution in [2.75, 3.05) is 0 Å². The minimum atomic E-state index is -0.404. The minimum Gasteiger partial charge on any atom is -0.309 e. The molecule has 11 rings (SSSR count). The van der Waals surface area contributed by atoms with Crippen LogP contribution in [0.4, 0.5) is 0 Å². The maximum absolute atomic E-state index is 2.55. The van der Waals surface area contributed by atoms with Gasteiger partial charge in [-0.25, -0.2) is 0 Å². The summed E-state index contributed by atoms with van der Waals surface area (Å²) < 4.78 is 5.23. The van der Waals surface area contributed by atoms with Crippen LogP contribution < -0.4 is 0 Å². The maximum Gasteiger partial charge on any atom is 0.0754 e. The Hall–Kier alpha value is -5.44. The number of thiophene rings is 1. The average molecular weight is 588 g/mol. The molecule has 1 aliphatic carbocycles. The molecule has 2 aromatic heterocycles. The van der Waals surface area contributed by atoms with Crippen molar-refractivity contribution in [3.8, 4) is 27.9 Å². The molecule has 2 heteroatoms. The van der Waals surface area contributed by atoms with Gasteiger partial charge in [-0.15, -0.1) is 11.3 Å². The van der Waals surface area contributed by atoms with Crippen LogP contribution in [0, 0.1) is 0 Å². The molecule has 3 heterocycles. The van der Waals surface area contributed by atoms with Gasteiger partial charge in [-0.05, 0) is 74.8 Å². The summed E-state index contributed by atoms with van der Waals surface area (Å²) in [5.41, 5.74) is 14.0. The second kappa shape index (κ2) is 8.38. The summed E-state index contributed by atoms with van der Waals surface area (Å²) in [6, 6.07) is 57.0. The fourth-order valence-corrected chi connectivity index (χ4v) is 9.74. The maximum atomic E-state index is 2.55. The third kappa shape index (κ3) is 2.85. The molecule has 0 radical (unpaired) electrons. The van der Waals surface area contributed by atoms with Crippen molar-refractivity contribution in [3.63, 3.8) is 0 Å². The number of hydrogen-bond acceptors (Lipinski definition) is 1. The first kappa shape index (κ1) is 23.9. The largest absolute Gasteiger partial charge is 0.309 e. The van der Waals surface area contributed by atoms with Crippen molar-refractivity contribution in [3.05, 3.63) is 174 Å². The predicted octanol–water partition coefficient (Wildman–Crippen LogP) is 11.5. The van der Waals surface area contributed by atoms with Crippen molar-refractivity contribution in [1.29, 1.82) is 0 Å². The molecule has 2 aliphatic rings. The van der Waals surface area contributed by atoms with Gasteiger partial charge in [0.2, 0.25) is 0 Å². The Morgan fingerprint density at radius 2 is 1.04 bits per heavy atom. The van der Waals surface area contributed by atoms with Crippen molar-refractivity contribution >= 4 is 53.3 Å². The van der Waals surface area contributed by atoms with E-state index in [-0.39, 0.29) is 0 Å². The molecule has 208 valence electrons. The highest BCUT2D eigenvalue weighted by Crippen LogP contribution is 2.61. The summed E-state index contributed by atoms with van der Waals surface area (Å²) in [4.78, 5) is 0. The van der Waals surface area contributed by atoms with Gasteiger partial charge in [0.05, 0.1) is 22.1 Å². The summed E-state index contributed by atoms with van der Waals surface area (Å²) in [5, 5.41) is 5.28. The van der Waals surface area contributed by atoms with Gasteiger partial charge in [-0.1, -0.05) is 121 Å². The van der Waals surface area contributed by atoms with Crippen molar-refractivity contribution in [2.45, 2.75) is 5.41 Å². The SMILES string of the molecule is c1ccc2c(c1)-c1ccccc1C21c2ccc(-c3ccc4sc5ccccc5c4c3)cc2-n2c3ccccc3c3cccc1c32. The first-order valence-corrected chi connectivity index (χ1v) is 16.4. The second-order valence-corrected chi connectivity index (χ2v) is 13.5. The van der Waals surface area contributed by atoms with E-state index in [4.69, 9.17) is 0 Å². The highest BCUT2D eigenvalue weighted by molar-refractivity contribution is 7.25. The lowest BCUT2D eigenvalue weighted by Gasteiger charge is -2.39. The molecule has 0 bridgehead atoms. The Morgan fingerprint density at radius 3 is 1.89 bits per heavy atom. The highest BCUT2D eigenvalue weighted by Gasteiger charge is 2.50. The quantitative estimate of drug-likeness (QED) is 0.180. The van der Waals surface area contributed by atoms with E-state index < -0.39 is 5.41 Å². The van der Waals surface area contributed by atoms with Crippen LogP contribution in [0.25, 0.3) is 69.9 Å². The fraction of sp³-hybridized carbons (Fsp3) is 0.0233. The predicted molar refractivity (Wildman–Crippen MR) is 190 cm³/mol. The van der Waals surface area contributed by atoms with Gasteiger partial charge in [-0.3, -0.25) is 0 Å². The van der Waals surface area contributed by atoms with E-state index in [0.29, 0.717) is 0 Å². The number of para-hydroxylation sites is 2. The number of hydrogen-bond donors (Lipinski definition) is 0. The lowest BCUT2D eigenvalue weighted by atomic mass is 9.65. The van der Waals surface area contributed by atoms with Gasteiger partial charge >= 0.3 is 0 Å². The molecule has 0 fully saturated rings. The molecule has 0 atom stereocenters. The molecule has 0 saturated carbocycles. The Kier molecular flexibility index (Phi) is 4.46. The normalized spacial score (nSPS) is 14.0. The number of nitrogens with zero attached hydrogens (tertiary/aromatic N) is 1. The Morgan fingerprint density at radius 1 is 0.422 bits per heavy atom. The molecule has 7 aromatic carbocycles. The number of rotatable bonds is 1. The highest BCUT2D eigenvalue weighted by atomic mass is 32.1. The van der Waals surface area contributed by atoms with Gasteiger partial charge in [-0.2, -0.15) is 0 Å². The van der Waals surface area contributed by atoms with Crippen LogP contribution in [0.1, 0.15) is 22.3 Å². The van der Waals surface area contributed by atoms with Crippen LogP contribution in [0.3, 0.4) is 0 Å². The van der Waals surface area contributed by atoms with Crippen LogP contribution in [-0.2, 0) is 5.41 Å². The number of benzene rings is 7. The van der Waals surface area contributed by atoms with E-state index in [9.17, 15) is 0 Å². The monoisotopic (exact) mass is 587 g/mol. The zero-order valence-corrected chi connectivity index (χ0v) is 25.1. The van der Waals surface area contributed by atoms with Gasteiger partial charge in [0.1, 0.15) is 0 Å². The van der Waals surface area contributed by atoms with E-state index >= 15 is 0 Å². The zero-order valence-electron chi connectivity index (χ0n) is 24.3. The van der Waals surface area contributed by atoms with E-state index in [1.54, 1.807) is 0 Å². The molecule has 9 aromatic rings. The van der Waals surface area contributed by atoms with Crippen LogP contribution in [0.15, 0.2) is 152 Å². The molecular weight excluding hydrogens is 563 g/mol. The molecule has 0 saturated heterocycles. The standard InChI is InChI=1S/C43H25NS/c1-5-15-34-28(10-1)29-11-2-6-16-35(29)43(34)36-22-20-27(26-21-23-41-33(24-26)31-13-4-8-19-40(31)45-41)25-39(36)44-38-18-7-3-12-30(38)32-14-9-17-37(43)42(32)44/h1-25H. The Labute approximate surface area is 264 Å². The summed E-state index contributed by atoms with van der Waals surface area (Å²) in [6.07, 6.45) is 0. The third-order valence-electron chi connectivity index (χ3n) is 10.4. The van der Waals surface area contributed by atoms with E-state index in [2.05, 4.69) is 156 Å². The topological polar surface area (TPSA) is 4.93 Å². The second-order valence-electron chi connectivity index (χ2n) is 12.4. The third-order valence-corrected chi connectivity index (χ3v) is 11.6. The first-order valence-electron chi connectivity index (χ1n) is 15.6. The van der Waals surface area contributed by atoms with E-state index in [1.165, 1.54) is 92.2 Å². The van der Waals surface area contributed by atoms with Crippen LogP contribution in [0.5, 0.6) is 0 Å². The molecule has 0 amide bonds. The molecule has 45 heavy (non-hydrogen) atoms. The molecule has 0 unspecified atom stereocenters. The van der Waals surface area contributed by atoms with Crippen LogP contribution >= 0.6 is 11.3 Å². The van der Waals surface area contributed by atoms with E-state index in [1.807, 2.05) is 11.3 Å². The van der Waals surface area contributed by atoms with E-state index in [0.717, 1.165) is 0 Å². The average Bonchev–Trinajstić information content (AvgIpc) is 3.74. The summed E-state index contributed by atoms with van der Waals surface area (Å²) >= 11 is 1.88. The van der Waals surface area contributed by atoms with Crippen LogP contribution in [-0.4, -0.2) is 4.57 Å². The Balaban J connectivity index is 1.29. The summed E-state index contributed by atoms with van der Waals surface area (Å²) in [6.45, 7) is 0. The van der Waals surface area contributed by atoms with Crippen molar-refractivity contribution in [2.24, 2.45) is 0 Å². The molecule has 1 aliphatic heterocycles. The molecule has 1 nitrogen and oxygen atoms in total. The smallest absolute Gasteiger partial charge is 0.0754 e. The summed E-state index contributed by atoms with van der Waals surface area (Å²) in [5.74, 6) is 0. The summed E-state index contributed by atoms with van der Waals surface area (Å²) in [7, 11) is 0.